The minimum Gasteiger partial charge on any atom is -0.354 e. The standard InChI is InChI=1S/C16H22N4O5S2/c1-24-14(25-2)9-17-16(21)11-5-4-8-20(10-11)27(22,23)13-7-3-6-12-15(13)19-26-18-12/h3,6-7,11,14H,4-5,8-10H2,1-2H3,(H,17,21)/t11-/m1/s1. The number of hydrogen-bond donors (Lipinski definition) is 1. The Labute approximate surface area is 162 Å². The third-order valence-electron chi connectivity index (χ3n) is 4.59. The van der Waals surface area contributed by atoms with Crippen LogP contribution in [0.25, 0.3) is 11.0 Å². The molecule has 0 saturated carbocycles. The van der Waals surface area contributed by atoms with E-state index in [0.717, 1.165) is 11.7 Å². The summed E-state index contributed by atoms with van der Waals surface area (Å²) in [6.07, 6.45) is 0.707. The third-order valence-corrected chi connectivity index (χ3v) is 7.03. The Kier molecular flexibility index (Phi) is 6.37. The molecule has 1 aliphatic rings. The summed E-state index contributed by atoms with van der Waals surface area (Å²) in [5.74, 6) is -0.627. The lowest BCUT2D eigenvalue weighted by molar-refractivity contribution is -0.131. The minimum atomic E-state index is -3.76. The molecule has 1 N–H and O–H groups in total. The number of ether oxygens (including phenoxy) is 2. The van der Waals surface area contributed by atoms with E-state index in [-0.39, 0.29) is 23.9 Å². The van der Waals surface area contributed by atoms with E-state index in [1.165, 1.54) is 24.6 Å². The maximum absolute atomic E-state index is 13.1. The lowest BCUT2D eigenvalue weighted by atomic mass is 9.99. The van der Waals surface area contributed by atoms with Gasteiger partial charge in [-0.25, -0.2) is 8.42 Å². The summed E-state index contributed by atoms with van der Waals surface area (Å²) in [5, 5.41) is 2.76. The fraction of sp³-hybridized carbons (Fsp3) is 0.562. The van der Waals surface area contributed by atoms with Crippen molar-refractivity contribution >= 4 is 38.7 Å². The van der Waals surface area contributed by atoms with Crippen molar-refractivity contribution in [1.82, 2.24) is 18.4 Å². The third kappa shape index (κ3) is 4.27. The largest absolute Gasteiger partial charge is 0.354 e. The summed E-state index contributed by atoms with van der Waals surface area (Å²) in [7, 11) is -0.779. The second-order valence-corrected chi connectivity index (χ2v) is 8.67. The number of nitrogens with one attached hydrogen (secondary N) is 1. The van der Waals surface area contributed by atoms with Crippen LogP contribution < -0.4 is 5.32 Å². The first-order valence-electron chi connectivity index (χ1n) is 8.52. The van der Waals surface area contributed by atoms with Crippen LogP contribution in [0.1, 0.15) is 12.8 Å². The molecule has 0 bridgehead atoms. The zero-order chi connectivity index (χ0) is 19.4. The van der Waals surface area contributed by atoms with Gasteiger partial charge in [-0.3, -0.25) is 4.79 Å². The minimum absolute atomic E-state index is 0.132. The SMILES string of the molecule is COC(CNC(=O)[C@@H]1CCCN(S(=O)(=O)c2cccc3nsnc23)C1)OC. The van der Waals surface area contributed by atoms with Crippen LogP contribution in [0.5, 0.6) is 0 Å². The summed E-state index contributed by atoms with van der Waals surface area (Å²) in [6.45, 7) is 0.713. The van der Waals surface area contributed by atoms with E-state index in [1.54, 1.807) is 12.1 Å². The van der Waals surface area contributed by atoms with Gasteiger partial charge in [-0.1, -0.05) is 6.07 Å². The Morgan fingerprint density at radius 2 is 2.15 bits per heavy atom. The number of methoxy groups -OCH3 is 2. The average Bonchev–Trinajstić information content (AvgIpc) is 3.17. The number of piperidine rings is 1. The molecule has 2 aromatic rings. The van der Waals surface area contributed by atoms with Crippen molar-refractivity contribution in [3.05, 3.63) is 18.2 Å². The second kappa shape index (κ2) is 8.57. The molecule has 1 saturated heterocycles. The van der Waals surface area contributed by atoms with Gasteiger partial charge in [-0.2, -0.15) is 13.1 Å². The molecule has 1 aromatic carbocycles. The van der Waals surface area contributed by atoms with Crippen molar-refractivity contribution in [1.29, 1.82) is 0 Å². The number of sulfonamides is 1. The first-order chi connectivity index (χ1) is 13.0. The fourth-order valence-electron chi connectivity index (χ4n) is 3.09. The van der Waals surface area contributed by atoms with Crippen LogP contribution in [-0.2, 0) is 24.3 Å². The van der Waals surface area contributed by atoms with Crippen LogP contribution in [0.15, 0.2) is 23.1 Å². The molecule has 0 radical (unpaired) electrons. The fourth-order valence-corrected chi connectivity index (χ4v) is 5.37. The summed E-state index contributed by atoms with van der Waals surface area (Å²) in [4.78, 5) is 12.6. The molecule has 11 heteroatoms. The van der Waals surface area contributed by atoms with Crippen LogP contribution in [-0.4, -0.2) is 67.5 Å². The van der Waals surface area contributed by atoms with Crippen LogP contribution in [0, 0.1) is 5.92 Å². The van der Waals surface area contributed by atoms with E-state index in [2.05, 4.69) is 14.1 Å². The number of hydrogen-bond acceptors (Lipinski definition) is 8. The summed E-state index contributed by atoms with van der Waals surface area (Å²) in [5.41, 5.74) is 0.926. The molecule has 1 amide bonds. The van der Waals surface area contributed by atoms with E-state index < -0.39 is 22.2 Å². The first-order valence-corrected chi connectivity index (χ1v) is 10.7. The van der Waals surface area contributed by atoms with Gasteiger partial charge in [0.2, 0.25) is 15.9 Å². The van der Waals surface area contributed by atoms with E-state index in [1.807, 2.05) is 0 Å². The van der Waals surface area contributed by atoms with E-state index in [0.29, 0.717) is 30.4 Å². The topological polar surface area (TPSA) is 111 Å². The number of fused-ring (bicyclic) bond motifs is 1. The van der Waals surface area contributed by atoms with Gasteiger partial charge in [0.05, 0.1) is 24.2 Å². The molecule has 27 heavy (non-hydrogen) atoms. The molecular weight excluding hydrogens is 392 g/mol. The van der Waals surface area contributed by atoms with Crippen molar-refractivity contribution < 1.29 is 22.7 Å². The van der Waals surface area contributed by atoms with Crippen LogP contribution in [0.2, 0.25) is 0 Å². The monoisotopic (exact) mass is 414 g/mol. The maximum atomic E-state index is 13.1. The van der Waals surface area contributed by atoms with Crippen LogP contribution >= 0.6 is 11.7 Å². The molecule has 1 fully saturated rings. The molecule has 1 aliphatic heterocycles. The number of nitrogens with zero attached hydrogens (tertiary/aromatic N) is 3. The highest BCUT2D eigenvalue weighted by Gasteiger charge is 2.34. The molecule has 0 unspecified atom stereocenters. The van der Waals surface area contributed by atoms with E-state index in [4.69, 9.17) is 9.47 Å². The molecule has 2 heterocycles. The quantitative estimate of drug-likeness (QED) is 0.668. The average molecular weight is 415 g/mol. The predicted octanol–water partition coefficient (Wildman–Crippen LogP) is 0.827. The molecule has 0 aliphatic carbocycles. The highest BCUT2D eigenvalue weighted by Crippen LogP contribution is 2.28. The summed E-state index contributed by atoms with van der Waals surface area (Å²) in [6, 6.07) is 4.91. The van der Waals surface area contributed by atoms with Crippen molar-refractivity contribution in [3.63, 3.8) is 0 Å². The Morgan fingerprint density at radius 3 is 2.89 bits per heavy atom. The summed E-state index contributed by atoms with van der Waals surface area (Å²) < 4.78 is 45.9. The number of amides is 1. The Morgan fingerprint density at radius 1 is 1.37 bits per heavy atom. The van der Waals surface area contributed by atoms with Crippen LogP contribution in [0.4, 0.5) is 0 Å². The van der Waals surface area contributed by atoms with Gasteiger partial charge in [0.15, 0.2) is 6.29 Å². The number of carbonyl (C=O) groups excluding carboxylic acids is 1. The van der Waals surface area contributed by atoms with Gasteiger partial charge >= 0.3 is 0 Å². The highest BCUT2D eigenvalue weighted by atomic mass is 32.2. The van der Waals surface area contributed by atoms with Gasteiger partial charge in [0, 0.05) is 27.3 Å². The van der Waals surface area contributed by atoms with Gasteiger partial charge < -0.3 is 14.8 Å². The van der Waals surface area contributed by atoms with Crippen molar-refractivity contribution in [3.8, 4) is 0 Å². The molecule has 9 nitrogen and oxygen atoms in total. The van der Waals surface area contributed by atoms with E-state index >= 15 is 0 Å². The number of rotatable bonds is 7. The number of carbonyl (C=O) groups is 1. The lowest BCUT2D eigenvalue weighted by Crippen LogP contribution is -2.46. The van der Waals surface area contributed by atoms with Gasteiger partial charge in [0.1, 0.15) is 15.9 Å². The maximum Gasteiger partial charge on any atom is 0.245 e. The Bertz CT molecular complexity index is 897. The zero-order valence-corrected chi connectivity index (χ0v) is 16.8. The Balaban J connectivity index is 1.73. The molecule has 1 atom stereocenters. The van der Waals surface area contributed by atoms with Crippen molar-refractivity contribution in [2.45, 2.75) is 24.0 Å². The van der Waals surface area contributed by atoms with Gasteiger partial charge in [-0.15, -0.1) is 0 Å². The predicted molar refractivity (Wildman–Crippen MR) is 99.7 cm³/mol. The zero-order valence-electron chi connectivity index (χ0n) is 15.1. The molecule has 3 rings (SSSR count). The highest BCUT2D eigenvalue weighted by molar-refractivity contribution is 7.89. The van der Waals surface area contributed by atoms with Crippen molar-refractivity contribution in [2.75, 3.05) is 33.9 Å². The van der Waals surface area contributed by atoms with Gasteiger partial charge in [0.25, 0.3) is 0 Å². The lowest BCUT2D eigenvalue weighted by Gasteiger charge is -2.31. The molecule has 148 valence electrons. The van der Waals surface area contributed by atoms with E-state index in [9.17, 15) is 13.2 Å². The van der Waals surface area contributed by atoms with Gasteiger partial charge in [-0.05, 0) is 25.0 Å². The molecule has 1 aromatic heterocycles. The molecular formula is C16H22N4O5S2. The Hall–Kier alpha value is -1.66. The normalized spacial score (nSPS) is 18.9. The first kappa shape index (κ1) is 20.1. The molecule has 0 spiro atoms. The number of aromatic nitrogens is 2. The van der Waals surface area contributed by atoms with Crippen molar-refractivity contribution in [2.24, 2.45) is 5.92 Å². The number of benzene rings is 1. The summed E-state index contributed by atoms with van der Waals surface area (Å²) >= 11 is 0.978. The smallest absolute Gasteiger partial charge is 0.245 e. The van der Waals surface area contributed by atoms with Crippen LogP contribution in [0.3, 0.4) is 0 Å². The second-order valence-electron chi connectivity index (χ2n) is 6.24.